The van der Waals surface area contributed by atoms with Crippen LogP contribution in [-0.4, -0.2) is 194 Å². The van der Waals surface area contributed by atoms with Gasteiger partial charge in [0.15, 0.2) is 11.5 Å². The maximum Gasteiger partial charge on any atom is 0.456 e. The van der Waals surface area contributed by atoms with Crippen molar-refractivity contribution in [2.45, 2.75) is 190 Å². The van der Waals surface area contributed by atoms with Crippen molar-refractivity contribution in [3.8, 4) is 28.7 Å². The molecule has 12 heterocycles. The molecule has 4 fully saturated rings. The molecular formula is C95H112Cl2F10N12O9. The molecule has 0 saturated carbocycles. The maximum absolute atomic E-state index is 14.7. The highest BCUT2D eigenvalue weighted by Crippen LogP contribution is 2.49. The van der Waals surface area contributed by atoms with Gasteiger partial charge >= 0.3 is 18.5 Å². The zero-order valence-corrected chi connectivity index (χ0v) is 75.0. The molecule has 21 nitrogen and oxygen atoms in total. The Balaban J connectivity index is 0.000000156. The number of carbonyl (C=O) groups is 5. The van der Waals surface area contributed by atoms with E-state index in [0.717, 1.165) is 55.7 Å². The molecule has 128 heavy (non-hydrogen) atoms. The minimum Gasteiger partial charge on any atom is -0.493 e. The lowest BCUT2D eigenvalue weighted by Gasteiger charge is -2.51. The first-order valence-corrected chi connectivity index (χ1v) is 43.9. The Morgan fingerprint density at radius 1 is 0.453 bits per heavy atom. The molecule has 2 N–H and O–H groups in total. The maximum atomic E-state index is 14.7. The van der Waals surface area contributed by atoms with Crippen LogP contribution in [0.5, 0.6) is 28.7 Å². The summed E-state index contributed by atoms with van der Waals surface area (Å²) >= 11 is 12.3. The van der Waals surface area contributed by atoms with Gasteiger partial charge in [-0.25, -0.2) is 4.39 Å². The smallest absolute Gasteiger partial charge is 0.456 e. The molecule has 9 aromatic rings. The van der Waals surface area contributed by atoms with Crippen molar-refractivity contribution in [3.63, 3.8) is 0 Å². The van der Waals surface area contributed by atoms with Crippen LogP contribution in [0.3, 0.4) is 0 Å². The number of piperidine rings is 4. The molecule has 0 aliphatic carbocycles. The van der Waals surface area contributed by atoms with Crippen LogP contribution >= 0.6 is 23.2 Å². The molecule has 4 aromatic heterocycles. The average molecular weight is 1830 g/mol. The lowest BCUT2D eigenvalue weighted by molar-refractivity contribution is -0.146. The van der Waals surface area contributed by atoms with Crippen LogP contribution in [0.15, 0.2) is 164 Å². The van der Waals surface area contributed by atoms with E-state index in [2.05, 4.69) is 38.1 Å². The normalized spacial score (nSPS) is 19.0. The largest absolute Gasteiger partial charge is 0.493 e. The fourth-order valence-corrected chi connectivity index (χ4v) is 20.1. The van der Waals surface area contributed by atoms with E-state index in [1.807, 2.05) is 128 Å². The van der Waals surface area contributed by atoms with E-state index in [-0.39, 0.29) is 69.2 Å². The molecule has 8 aliphatic rings. The van der Waals surface area contributed by atoms with Crippen LogP contribution in [0.4, 0.5) is 43.9 Å². The Kier molecular flexibility index (Phi) is 26.8. The summed E-state index contributed by atoms with van der Waals surface area (Å²) in [4.78, 5) is 75.8. The van der Waals surface area contributed by atoms with E-state index in [1.54, 1.807) is 81.4 Å². The van der Waals surface area contributed by atoms with Crippen molar-refractivity contribution in [2.24, 2.45) is 0 Å². The highest BCUT2D eigenvalue weighted by atomic mass is 35.5. The predicted molar refractivity (Wildman–Crippen MR) is 470 cm³/mol. The average Bonchev–Trinajstić information content (AvgIpc) is 1.59. The number of likely N-dealkylation sites (tertiary alicyclic amines) is 4. The molecule has 33 heteroatoms. The molecule has 0 bridgehead atoms. The molecular weight excluding hydrogens is 1710 g/mol. The van der Waals surface area contributed by atoms with Gasteiger partial charge in [0, 0.05) is 151 Å². The number of ketones is 1. The number of Topliss-reactive ketones (excluding diaryl/α,β-unsaturated/α-hetero) is 1. The van der Waals surface area contributed by atoms with Gasteiger partial charge in [0.2, 0.25) is 0 Å². The third-order valence-electron chi connectivity index (χ3n) is 26.2. The molecule has 0 radical (unpaired) electrons. The molecule has 690 valence electrons. The van der Waals surface area contributed by atoms with Gasteiger partial charge in [0.25, 0.3) is 29.4 Å². The quantitative estimate of drug-likeness (QED) is 0.0870. The summed E-state index contributed by atoms with van der Waals surface area (Å²) in [5, 5.41) is 8.45. The summed E-state index contributed by atoms with van der Waals surface area (Å²) in [6.07, 6.45) is -9.02. The molecule has 4 spiro atoms. The summed E-state index contributed by atoms with van der Waals surface area (Å²) in [7, 11) is 5.68. The number of amides is 4. The third kappa shape index (κ3) is 19.2. The van der Waals surface area contributed by atoms with E-state index < -0.39 is 75.1 Å². The van der Waals surface area contributed by atoms with Crippen molar-refractivity contribution in [2.75, 3.05) is 93.2 Å². The standard InChI is InChI=1S/C25H26ClN3O2.C25H29F4N3O3.C25H32F3N3O3.C20H21ClF3N3O.2H2/c1-27-17-18-29-22(11-12-23(29)26)25(27)13-15-28(16-14-25)24(30)19-7-9-21(10-8-19)31-20-5-3-2-4-6-20;1-15(2)35-16-5-6-17(18(26)13-16)22(34)31-11-9-24(10-12-31)20-8-7-19(21(33)25(27,28)29)32(20)14-23(3,4)30-24;1-16(2)34-18-7-6-17(14-19(18)33-5)22(32)30-12-10-24(11-13-30)20-8-9-21(25(26,27)28)31(20)23(3,4)15-29-24;1-25-12-13-27-16(6-7-17(27)20(22,23)24)19(25)8-10-26(11-9-19)18(28)14-2-4-15(21)5-3-14;;/h2-12H,13-18H2,1H3;5-8,13,15,30H,9-12,14H2,1-4H3;6-9,14,16,29H,10-13,15H2,1-5H3;2-7H,8-13H2,1H3;2*1H. The van der Waals surface area contributed by atoms with E-state index in [4.69, 9.17) is 42.1 Å². The van der Waals surface area contributed by atoms with E-state index in [1.165, 1.54) is 56.8 Å². The van der Waals surface area contributed by atoms with Crippen molar-refractivity contribution in [1.82, 2.24) is 58.3 Å². The van der Waals surface area contributed by atoms with Gasteiger partial charge in [0.05, 0.1) is 58.3 Å². The van der Waals surface area contributed by atoms with Crippen LogP contribution in [-0.2, 0) is 59.7 Å². The highest BCUT2D eigenvalue weighted by molar-refractivity contribution is 6.30. The lowest BCUT2D eigenvalue weighted by atomic mass is 9.79. The van der Waals surface area contributed by atoms with Crippen molar-refractivity contribution in [1.29, 1.82) is 0 Å². The van der Waals surface area contributed by atoms with E-state index in [0.29, 0.717) is 140 Å². The van der Waals surface area contributed by atoms with Gasteiger partial charge in [-0.3, -0.25) is 39.1 Å². The zero-order chi connectivity index (χ0) is 92.2. The molecule has 0 atom stereocenters. The van der Waals surface area contributed by atoms with Crippen molar-refractivity contribution in [3.05, 3.63) is 242 Å². The number of hydrogen-bond acceptors (Lipinski definition) is 13. The number of rotatable bonds is 12. The number of para-hydroxylation sites is 1. The van der Waals surface area contributed by atoms with Crippen LogP contribution < -0.4 is 29.6 Å². The van der Waals surface area contributed by atoms with Gasteiger partial charge < -0.3 is 62.1 Å². The third-order valence-corrected chi connectivity index (χ3v) is 26.8. The number of nitrogens with one attached hydrogen (secondary N) is 2. The van der Waals surface area contributed by atoms with Gasteiger partial charge in [-0.1, -0.05) is 41.4 Å². The van der Waals surface area contributed by atoms with Gasteiger partial charge in [0.1, 0.15) is 39.6 Å². The number of hydrogen-bond donors (Lipinski definition) is 2. The second-order valence-electron chi connectivity index (χ2n) is 36.1. The number of likely N-dealkylation sites (N-methyl/N-ethyl adjacent to an activating group) is 2. The number of fused-ring (bicyclic) bond motifs is 8. The Morgan fingerprint density at radius 3 is 1.46 bits per heavy atom. The number of halogens is 12. The molecule has 17 rings (SSSR count). The first-order chi connectivity index (χ1) is 60.4. The van der Waals surface area contributed by atoms with Crippen LogP contribution in [0, 0.1) is 5.82 Å². The number of carbonyl (C=O) groups excluding carboxylic acids is 5. The number of nitrogens with zero attached hydrogens (tertiary/aromatic N) is 10. The van der Waals surface area contributed by atoms with Crippen LogP contribution in [0.25, 0.3) is 0 Å². The number of methoxy groups -OCH3 is 1. The topological polar surface area (TPSA) is 185 Å². The minimum atomic E-state index is -4.97. The minimum absolute atomic E-state index is 0. The predicted octanol–water partition coefficient (Wildman–Crippen LogP) is 19.2. The Labute approximate surface area is 751 Å². The molecule has 8 aliphatic heterocycles. The Hall–Kier alpha value is -10.3. The SMILES string of the molecule is CC(C)Oc1ccc(C(=O)N2CCC3(CC2)NC(C)(C)Cn2c(C(=O)C(F)(F)F)ccc23)c(F)c1.CN1CCn2c(C(F)(F)F)ccc2C12CCN(C(=O)c1ccc(Cl)cc1)CC2.CN1CCn2c(Cl)ccc2C12CCN(C(=O)c1ccc(Oc3ccccc3)cc1)CC2.COc1cc(C(=O)N2CCC3(CC2)NCC(C)(C)n2c(C(F)(F)F)ccc23)ccc1OC(C)C.[HH].[HH]. The van der Waals surface area contributed by atoms with Gasteiger partial charge in [-0.2, -0.15) is 39.5 Å². The summed E-state index contributed by atoms with van der Waals surface area (Å²) in [6, 6.07) is 45.6. The van der Waals surface area contributed by atoms with Crippen molar-refractivity contribution < 1.29 is 89.7 Å². The van der Waals surface area contributed by atoms with Crippen LogP contribution in [0.1, 0.15) is 196 Å². The zero-order valence-electron chi connectivity index (χ0n) is 73.5. The highest BCUT2D eigenvalue weighted by Gasteiger charge is 2.54. The van der Waals surface area contributed by atoms with Gasteiger partial charge in [-0.05, 0) is 260 Å². The summed E-state index contributed by atoms with van der Waals surface area (Å²) in [6.45, 7) is 22.1. The Morgan fingerprint density at radius 2 is 0.922 bits per heavy atom. The number of ether oxygens (including phenoxy) is 4. The Bertz CT molecular complexity index is 5530. The monoisotopic (exact) mass is 1820 g/mol. The fourth-order valence-electron chi connectivity index (χ4n) is 19.7. The molecule has 4 saturated heterocycles. The summed E-state index contributed by atoms with van der Waals surface area (Å²) < 4.78 is 164. The number of benzene rings is 5. The fraction of sp³-hybridized carbons (Fsp3) is 0.463. The van der Waals surface area contributed by atoms with E-state index >= 15 is 0 Å². The second kappa shape index (κ2) is 36.6. The van der Waals surface area contributed by atoms with E-state index in [9.17, 15) is 67.9 Å². The lowest BCUT2D eigenvalue weighted by Crippen LogP contribution is -2.63. The first kappa shape index (κ1) is 93.8. The molecule has 4 amide bonds. The van der Waals surface area contributed by atoms with Gasteiger partial charge in [-0.15, -0.1) is 0 Å². The molecule has 0 unspecified atom stereocenters. The summed E-state index contributed by atoms with van der Waals surface area (Å²) in [5.41, 5.74) is 0.191. The summed E-state index contributed by atoms with van der Waals surface area (Å²) in [5.74, 6) is -0.220. The van der Waals surface area contributed by atoms with Crippen LogP contribution in [0.2, 0.25) is 10.2 Å². The number of alkyl halides is 9. The van der Waals surface area contributed by atoms with Crippen molar-refractivity contribution >= 4 is 52.6 Å². The first-order valence-electron chi connectivity index (χ1n) is 43.2. The second-order valence-corrected chi connectivity index (χ2v) is 36.9. The number of aromatic nitrogens is 4. The molecule has 5 aromatic carbocycles.